The molecule has 0 fully saturated rings. The van der Waals surface area contributed by atoms with E-state index >= 15 is 0 Å². The van der Waals surface area contributed by atoms with Crippen molar-refractivity contribution >= 4 is 11.7 Å². The van der Waals surface area contributed by atoms with Gasteiger partial charge in [0.15, 0.2) is 0 Å². The van der Waals surface area contributed by atoms with E-state index in [2.05, 4.69) is 15.3 Å². The van der Waals surface area contributed by atoms with Crippen molar-refractivity contribution in [2.45, 2.75) is 6.04 Å². The van der Waals surface area contributed by atoms with Gasteiger partial charge in [0.05, 0.1) is 12.6 Å². The van der Waals surface area contributed by atoms with Crippen LogP contribution in [0, 0.1) is 0 Å². The Hall–Kier alpha value is -2.51. The molecule has 0 saturated carbocycles. The molecule has 2 aromatic rings. The first-order valence-corrected chi connectivity index (χ1v) is 5.99. The van der Waals surface area contributed by atoms with E-state index in [1.807, 2.05) is 35.8 Å². The number of rotatable bonds is 5. The summed E-state index contributed by atoms with van der Waals surface area (Å²) < 4.78 is 0. The maximum atomic E-state index is 11.6. The van der Waals surface area contributed by atoms with Crippen LogP contribution in [0.15, 0.2) is 42.9 Å². The van der Waals surface area contributed by atoms with Gasteiger partial charge in [0.25, 0.3) is 5.91 Å². The molecule has 1 aromatic carbocycles. The van der Waals surface area contributed by atoms with E-state index in [0.29, 0.717) is 5.82 Å². The van der Waals surface area contributed by atoms with Crippen molar-refractivity contribution in [3.05, 3.63) is 54.0 Å². The lowest BCUT2D eigenvalue weighted by Crippen LogP contribution is -2.31. The van der Waals surface area contributed by atoms with Crippen molar-refractivity contribution < 1.29 is 9.90 Å². The normalized spacial score (nSPS) is 11.7. The zero-order chi connectivity index (χ0) is 14.4. The number of carbonyl (C=O) groups is 1. The number of nitrogen functional groups attached to an aromatic ring is 1. The summed E-state index contributed by atoms with van der Waals surface area (Å²) in [5.74, 6) is 4.92. The Morgan fingerprint density at radius 1 is 1.35 bits per heavy atom. The standard InChI is InChI=1S/C13H15N5O2/c14-18-13(20)10-6-15-8-16-12(10)17-11(7-19)9-4-2-1-3-5-9/h1-6,8,11,19H,7,14H2,(H,18,20)(H,15,16,17). The molecule has 0 spiro atoms. The molecule has 20 heavy (non-hydrogen) atoms. The second kappa shape index (κ2) is 6.60. The van der Waals surface area contributed by atoms with Gasteiger partial charge in [-0.05, 0) is 5.56 Å². The highest BCUT2D eigenvalue weighted by molar-refractivity contribution is 5.98. The first-order chi connectivity index (χ1) is 9.76. The van der Waals surface area contributed by atoms with Crippen molar-refractivity contribution in [1.82, 2.24) is 15.4 Å². The lowest BCUT2D eigenvalue weighted by atomic mass is 10.1. The Balaban J connectivity index is 2.26. The zero-order valence-corrected chi connectivity index (χ0v) is 10.7. The molecule has 7 heteroatoms. The van der Waals surface area contributed by atoms with E-state index in [1.165, 1.54) is 12.5 Å². The number of anilines is 1. The Morgan fingerprint density at radius 3 is 2.75 bits per heavy atom. The van der Waals surface area contributed by atoms with Crippen LogP contribution in [-0.2, 0) is 0 Å². The molecule has 1 heterocycles. The molecule has 104 valence electrons. The number of benzene rings is 1. The Morgan fingerprint density at radius 2 is 2.10 bits per heavy atom. The van der Waals surface area contributed by atoms with E-state index in [1.54, 1.807) is 0 Å². The Bertz CT molecular complexity index is 576. The van der Waals surface area contributed by atoms with Gasteiger partial charge in [-0.3, -0.25) is 10.2 Å². The van der Waals surface area contributed by atoms with Gasteiger partial charge in [0.2, 0.25) is 0 Å². The first kappa shape index (κ1) is 13.9. The van der Waals surface area contributed by atoms with Gasteiger partial charge in [-0.2, -0.15) is 0 Å². The largest absolute Gasteiger partial charge is 0.394 e. The molecule has 7 nitrogen and oxygen atoms in total. The van der Waals surface area contributed by atoms with E-state index in [4.69, 9.17) is 5.84 Å². The number of aromatic nitrogens is 2. The fraction of sp³-hybridized carbons (Fsp3) is 0.154. The molecule has 1 amide bonds. The van der Waals surface area contributed by atoms with Crippen LogP contribution in [-0.4, -0.2) is 27.6 Å². The molecular weight excluding hydrogens is 258 g/mol. The topological polar surface area (TPSA) is 113 Å². The summed E-state index contributed by atoms with van der Waals surface area (Å²) in [5, 5.41) is 12.5. The Labute approximate surface area is 115 Å². The Kier molecular flexibility index (Phi) is 4.59. The molecule has 1 atom stereocenters. The molecule has 1 aromatic heterocycles. The van der Waals surface area contributed by atoms with Crippen LogP contribution in [0.1, 0.15) is 22.0 Å². The molecule has 1 unspecified atom stereocenters. The number of hydrazine groups is 1. The third-order valence-corrected chi connectivity index (χ3v) is 2.78. The molecule has 0 radical (unpaired) electrons. The van der Waals surface area contributed by atoms with E-state index in [0.717, 1.165) is 5.56 Å². The summed E-state index contributed by atoms with van der Waals surface area (Å²) >= 11 is 0. The number of aliphatic hydroxyl groups excluding tert-OH is 1. The summed E-state index contributed by atoms with van der Waals surface area (Å²) in [6, 6.07) is 8.99. The molecule has 0 saturated heterocycles. The van der Waals surface area contributed by atoms with Crippen LogP contribution >= 0.6 is 0 Å². The predicted molar refractivity (Wildman–Crippen MR) is 73.6 cm³/mol. The number of carbonyl (C=O) groups excluding carboxylic acids is 1. The number of amides is 1. The lowest BCUT2D eigenvalue weighted by Gasteiger charge is -2.18. The smallest absolute Gasteiger partial charge is 0.270 e. The molecule has 5 N–H and O–H groups in total. The number of nitrogens with one attached hydrogen (secondary N) is 2. The molecule has 0 bridgehead atoms. The number of nitrogens with two attached hydrogens (primary N) is 1. The quantitative estimate of drug-likeness (QED) is 0.352. The minimum atomic E-state index is -0.502. The highest BCUT2D eigenvalue weighted by atomic mass is 16.3. The third-order valence-electron chi connectivity index (χ3n) is 2.78. The fourth-order valence-corrected chi connectivity index (χ4v) is 1.77. The highest BCUT2D eigenvalue weighted by Gasteiger charge is 2.16. The van der Waals surface area contributed by atoms with Crippen LogP contribution in [0.2, 0.25) is 0 Å². The van der Waals surface area contributed by atoms with Gasteiger partial charge in [0, 0.05) is 6.20 Å². The van der Waals surface area contributed by atoms with Crippen LogP contribution in [0.25, 0.3) is 0 Å². The predicted octanol–water partition coefficient (Wildman–Crippen LogP) is 0.226. The van der Waals surface area contributed by atoms with Gasteiger partial charge in [0.1, 0.15) is 17.7 Å². The van der Waals surface area contributed by atoms with Crippen LogP contribution in [0.5, 0.6) is 0 Å². The minimum absolute atomic E-state index is 0.141. The monoisotopic (exact) mass is 273 g/mol. The van der Waals surface area contributed by atoms with Crippen molar-refractivity contribution in [3.8, 4) is 0 Å². The zero-order valence-electron chi connectivity index (χ0n) is 10.7. The second-order valence-electron chi connectivity index (χ2n) is 4.05. The van der Waals surface area contributed by atoms with Crippen LogP contribution < -0.4 is 16.6 Å². The summed E-state index contributed by atoms with van der Waals surface area (Å²) in [6.07, 6.45) is 2.67. The van der Waals surface area contributed by atoms with E-state index < -0.39 is 5.91 Å². The number of aliphatic hydroxyl groups is 1. The maximum absolute atomic E-state index is 11.6. The second-order valence-corrected chi connectivity index (χ2v) is 4.05. The molecule has 2 rings (SSSR count). The SMILES string of the molecule is NNC(=O)c1cncnc1NC(CO)c1ccccc1. The molecular formula is C13H15N5O2. The highest BCUT2D eigenvalue weighted by Crippen LogP contribution is 2.19. The van der Waals surface area contributed by atoms with Crippen LogP contribution in [0.3, 0.4) is 0 Å². The van der Waals surface area contributed by atoms with Crippen molar-refractivity contribution in [2.24, 2.45) is 5.84 Å². The average molecular weight is 273 g/mol. The van der Waals surface area contributed by atoms with Gasteiger partial charge < -0.3 is 10.4 Å². The molecule has 0 aliphatic rings. The average Bonchev–Trinajstić information content (AvgIpc) is 2.53. The minimum Gasteiger partial charge on any atom is -0.394 e. The summed E-state index contributed by atoms with van der Waals surface area (Å²) in [6.45, 7) is -0.141. The van der Waals surface area contributed by atoms with E-state index in [-0.39, 0.29) is 18.2 Å². The van der Waals surface area contributed by atoms with Crippen molar-refractivity contribution in [1.29, 1.82) is 0 Å². The van der Waals surface area contributed by atoms with Gasteiger partial charge in [-0.25, -0.2) is 15.8 Å². The maximum Gasteiger partial charge on any atom is 0.270 e. The van der Waals surface area contributed by atoms with Crippen molar-refractivity contribution in [2.75, 3.05) is 11.9 Å². The van der Waals surface area contributed by atoms with Gasteiger partial charge >= 0.3 is 0 Å². The number of nitrogens with zero attached hydrogens (tertiary/aromatic N) is 2. The molecule has 0 aliphatic carbocycles. The fourth-order valence-electron chi connectivity index (χ4n) is 1.77. The number of hydrogen-bond acceptors (Lipinski definition) is 6. The van der Waals surface area contributed by atoms with Crippen LogP contribution in [0.4, 0.5) is 5.82 Å². The lowest BCUT2D eigenvalue weighted by molar-refractivity contribution is 0.0953. The third kappa shape index (κ3) is 3.08. The van der Waals surface area contributed by atoms with E-state index in [9.17, 15) is 9.90 Å². The summed E-state index contributed by atoms with van der Waals surface area (Å²) in [4.78, 5) is 19.4. The van der Waals surface area contributed by atoms with Gasteiger partial charge in [-0.1, -0.05) is 30.3 Å². The number of hydrogen-bond donors (Lipinski definition) is 4. The summed E-state index contributed by atoms with van der Waals surface area (Å²) in [5.41, 5.74) is 3.13. The van der Waals surface area contributed by atoms with Gasteiger partial charge in [-0.15, -0.1) is 0 Å². The van der Waals surface area contributed by atoms with Crippen molar-refractivity contribution in [3.63, 3.8) is 0 Å². The first-order valence-electron chi connectivity index (χ1n) is 5.99. The summed E-state index contributed by atoms with van der Waals surface area (Å²) in [7, 11) is 0. The molecule has 0 aliphatic heterocycles.